The Morgan fingerprint density at radius 1 is 1.21 bits per heavy atom. The molecule has 3 N–H and O–H groups in total. The van der Waals surface area contributed by atoms with E-state index >= 15 is 0 Å². The number of hydrogen-bond acceptors (Lipinski definition) is 10. The van der Waals surface area contributed by atoms with E-state index in [1.54, 1.807) is 30.5 Å². The molecular formula is C33H32ClFN6O5S. The van der Waals surface area contributed by atoms with Crippen LogP contribution >= 0.6 is 22.9 Å². The molecule has 47 heavy (non-hydrogen) atoms. The third-order valence-electron chi connectivity index (χ3n) is 8.27. The molecule has 0 saturated carbocycles. The van der Waals surface area contributed by atoms with Crippen molar-refractivity contribution < 1.29 is 28.9 Å². The zero-order chi connectivity index (χ0) is 33.1. The highest BCUT2D eigenvalue weighted by Gasteiger charge is 2.41. The molecule has 4 heterocycles. The van der Waals surface area contributed by atoms with Crippen LogP contribution in [0.15, 0.2) is 70.3 Å². The summed E-state index contributed by atoms with van der Waals surface area (Å²) in [5.74, 6) is 5.55. The Kier molecular flexibility index (Phi) is 9.86. The number of aliphatic hydroxyl groups excluding tert-OH is 1. The molecule has 3 aromatic rings. The van der Waals surface area contributed by atoms with Crippen LogP contribution in [0.2, 0.25) is 5.02 Å². The molecule has 1 aromatic heterocycles. The van der Waals surface area contributed by atoms with Gasteiger partial charge < -0.3 is 30.1 Å². The number of fused-ring (bicyclic) bond motifs is 1. The van der Waals surface area contributed by atoms with Crippen LogP contribution in [0, 0.1) is 17.7 Å². The third kappa shape index (κ3) is 7.17. The lowest BCUT2D eigenvalue weighted by Gasteiger charge is -2.38. The van der Waals surface area contributed by atoms with Gasteiger partial charge >= 0.3 is 12.0 Å². The average Bonchev–Trinajstić information content (AvgIpc) is 3.71. The van der Waals surface area contributed by atoms with Crippen LogP contribution in [0.4, 0.5) is 9.18 Å². The Balaban J connectivity index is 1.17. The lowest BCUT2D eigenvalue weighted by Crippen LogP contribution is -2.53. The van der Waals surface area contributed by atoms with Gasteiger partial charge in [0.15, 0.2) is 17.1 Å². The number of carbonyl (C=O) groups is 2. The fraction of sp³-hybridized carbons (Fsp3) is 0.333. The van der Waals surface area contributed by atoms with E-state index in [1.807, 2.05) is 15.2 Å². The maximum absolute atomic E-state index is 14.0. The van der Waals surface area contributed by atoms with E-state index in [9.17, 15) is 24.2 Å². The van der Waals surface area contributed by atoms with Crippen molar-refractivity contribution in [1.82, 2.24) is 25.0 Å². The summed E-state index contributed by atoms with van der Waals surface area (Å²) in [4.78, 5) is 41.6. The zero-order valence-corrected chi connectivity index (χ0v) is 27.0. The minimum Gasteiger partial charge on any atom is -0.466 e. The molecule has 6 rings (SSSR count). The van der Waals surface area contributed by atoms with E-state index < -0.39 is 24.1 Å². The van der Waals surface area contributed by atoms with Gasteiger partial charge in [-0.1, -0.05) is 41.6 Å². The number of nitrogens with one attached hydrogen (secondary N) is 1. The van der Waals surface area contributed by atoms with Crippen molar-refractivity contribution in [1.29, 1.82) is 0 Å². The van der Waals surface area contributed by atoms with Gasteiger partial charge in [0.2, 0.25) is 0 Å². The van der Waals surface area contributed by atoms with E-state index in [0.717, 1.165) is 5.56 Å². The van der Waals surface area contributed by atoms with Crippen molar-refractivity contribution in [2.45, 2.75) is 24.8 Å². The van der Waals surface area contributed by atoms with Crippen molar-refractivity contribution in [2.24, 2.45) is 4.99 Å². The summed E-state index contributed by atoms with van der Waals surface area (Å²) in [5.41, 5.74) is 2.46. The topological polar surface area (TPSA) is 131 Å². The number of thiazole rings is 1. The van der Waals surface area contributed by atoms with Gasteiger partial charge in [-0.25, -0.2) is 19.0 Å². The van der Waals surface area contributed by atoms with Gasteiger partial charge in [-0.05, 0) is 24.3 Å². The molecular weight excluding hydrogens is 647 g/mol. The monoisotopic (exact) mass is 678 g/mol. The zero-order valence-electron chi connectivity index (χ0n) is 25.4. The SMILES string of the molecule is COC(=O)C1=C(CN2CCN3C(=O)N(CCC#Cc4ccc(C(O)O)cc4)C[C@@H]3C2)NC(c2nccs2)=N[C@H]1c1ccc(F)cc1Cl. The van der Waals surface area contributed by atoms with E-state index in [0.29, 0.717) is 73.4 Å². The lowest BCUT2D eigenvalue weighted by atomic mass is 9.95. The van der Waals surface area contributed by atoms with Gasteiger partial charge in [0.1, 0.15) is 11.9 Å². The number of rotatable bonds is 8. The fourth-order valence-corrected chi connectivity index (χ4v) is 6.82. The molecule has 0 spiro atoms. The maximum atomic E-state index is 14.0. The summed E-state index contributed by atoms with van der Waals surface area (Å²) >= 11 is 7.86. The maximum Gasteiger partial charge on any atom is 0.338 e. The molecule has 0 unspecified atom stereocenters. The molecule has 2 fully saturated rings. The first-order valence-electron chi connectivity index (χ1n) is 15.0. The number of esters is 1. The summed E-state index contributed by atoms with van der Waals surface area (Å²) in [6.07, 6.45) is 0.634. The number of ether oxygens (including phenoxy) is 1. The molecule has 0 bridgehead atoms. The van der Waals surface area contributed by atoms with Crippen LogP contribution in [-0.2, 0) is 9.53 Å². The largest absolute Gasteiger partial charge is 0.466 e. The molecule has 2 saturated heterocycles. The molecule has 0 radical (unpaired) electrons. The molecule has 2 amide bonds. The predicted octanol–water partition coefficient (Wildman–Crippen LogP) is 3.30. The molecule has 0 aliphatic carbocycles. The number of carbonyl (C=O) groups excluding carboxylic acids is 2. The minimum atomic E-state index is -1.52. The molecule has 14 heteroatoms. The molecule has 3 aliphatic heterocycles. The highest BCUT2D eigenvalue weighted by atomic mass is 35.5. The number of halogens is 2. The fourth-order valence-electron chi connectivity index (χ4n) is 5.96. The van der Waals surface area contributed by atoms with Crippen LogP contribution in [0.3, 0.4) is 0 Å². The number of amides is 2. The van der Waals surface area contributed by atoms with E-state index in [-0.39, 0.29) is 22.7 Å². The first-order chi connectivity index (χ1) is 22.7. The standard InChI is InChI=1S/C33H32ClFN6O5S/c1-46-32(44)27-26(37-29(30-36-11-15-47-30)38-28(27)24-10-9-22(35)16-25(24)34)19-39-13-14-41-23(17-39)18-40(33(41)45)12-3-2-4-20-5-7-21(8-6-20)31(42)43/h5-11,15-16,23,28,31,42-43H,3,12-14,17-19H2,1H3,(H,37,38)/t23-,28-/m0/s1. The van der Waals surface area contributed by atoms with Crippen LogP contribution in [0.5, 0.6) is 0 Å². The number of methoxy groups -OCH3 is 1. The number of aromatic nitrogens is 1. The Morgan fingerprint density at radius 2 is 2.02 bits per heavy atom. The summed E-state index contributed by atoms with van der Waals surface area (Å²) < 4.78 is 19.2. The molecule has 3 aliphatic rings. The van der Waals surface area contributed by atoms with Crippen molar-refractivity contribution >= 4 is 40.8 Å². The van der Waals surface area contributed by atoms with Crippen LogP contribution in [0.25, 0.3) is 0 Å². The number of aliphatic hydroxyl groups is 2. The highest BCUT2D eigenvalue weighted by Crippen LogP contribution is 2.37. The number of urea groups is 1. The number of benzene rings is 2. The summed E-state index contributed by atoms with van der Waals surface area (Å²) in [6.45, 7) is 3.08. The van der Waals surface area contributed by atoms with Crippen molar-refractivity contribution in [2.75, 3.05) is 46.4 Å². The van der Waals surface area contributed by atoms with Gasteiger partial charge in [-0.15, -0.1) is 11.3 Å². The first kappa shape index (κ1) is 32.6. The second-order valence-corrected chi connectivity index (χ2v) is 12.6. The smallest absolute Gasteiger partial charge is 0.338 e. The summed E-state index contributed by atoms with van der Waals surface area (Å²) in [5, 5.41) is 24.4. The van der Waals surface area contributed by atoms with Gasteiger partial charge in [0, 0.05) is 84.7 Å². The van der Waals surface area contributed by atoms with Crippen molar-refractivity contribution in [3.8, 4) is 11.8 Å². The molecule has 2 atom stereocenters. The highest BCUT2D eigenvalue weighted by molar-refractivity contribution is 7.11. The number of aliphatic imine (C=N–C) groups is 1. The second-order valence-electron chi connectivity index (χ2n) is 11.3. The van der Waals surface area contributed by atoms with Crippen molar-refractivity contribution in [3.05, 3.63) is 97.8 Å². The van der Waals surface area contributed by atoms with E-state index in [4.69, 9.17) is 21.3 Å². The van der Waals surface area contributed by atoms with Crippen LogP contribution < -0.4 is 5.32 Å². The number of nitrogens with zero attached hydrogens (tertiary/aromatic N) is 5. The first-order valence-corrected chi connectivity index (χ1v) is 16.2. The minimum absolute atomic E-state index is 0.0211. The summed E-state index contributed by atoms with van der Waals surface area (Å²) in [7, 11) is 1.30. The Bertz CT molecular complexity index is 1770. The van der Waals surface area contributed by atoms with Gasteiger partial charge in [-0.2, -0.15) is 0 Å². The third-order valence-corrected chi connectivity index (χ3v) is 9.37. The Labute approximate surface area is 279 Å². The Hall–Kier alpha value is -4.32. The number of hydrogen-bond donors (Lipinski definition) is 3. The molecule has 2 aromatic carbocycles. The number of piperazine rings is 1. The normalized spacial score (nSPS) is 19.7. The lowest BCUT2D eigenvalue weighted by molar-refractivity contribution is -0.136. The summed E-state index contributed by atoms with van der Waals surface area (Å²) in [6, 6.07) is 9.76. The molecule has 244 valence electrons. The van der Waals surface area contributed by atoms with Crippen LogP contribution in [-0.4, -0.2) is 100 Å². The van der Waals surface area contributed by atoms with E-state index in [2.05, 4.69) is 27.0 Å². The predicted molar refractivity (Wildman–Crippen MR) is 174 cm³/mol. The quantitative estimate of drug-likeness (QED) is 0.188. The number of amidine groups is 1. The van der Waals surface area contributed by atoms with Crippen molar-refractivity contribution in [3.63, 3.8) is 0 Å². The van der Waals surface area contributed by atoms with Gasteiger partial charge in [0.05, 0.1) is 18.7 Å². The van der Waals surface area contributed by atoms with E-state index in [1.165, 1.54) is 36.6 Å². The molecule has 11 nitrogen and oxygen atoms in total. The van der Waals surface area contributed by atoms with Gasteiger partial charge in [-0.3, -0.25) is 9.89 Å². The second kappa shape index (κ2) is 14.2. The Morgan fingerprint density at radius 3 is 2.72 bits per heavy atom. The average molecular weight is 679 g/mol. The van der Waals surface area contributed by atoms with Gasteiger partial charge in [0.25, 0.3) is 0 Å². The van der Waals surface area contributed by atoms with Crippen LogP contribution in [0.1, 0.15) is 40.5 Å².